The number of aliphatic hydroxyl groups excluding tert-OH is 1. The Hall–Kier alpha value is -1.19. The summed E-state index contributed by atoms with van der Waals surface area (Å²) in [5.74, 6) is -0.280. The zero-order chi connectivity index (χ0) is 11.5. The fourth-order valence-corrected chi connectivity index (χ4v) is 2.68. The van der Waals surface area contributed by atoms with Crippen LogP contribution < -0.4 is 0 Å². The van der Waals surface area contributed by atoms with Gasteiger partial charge >= 0.3 is 0 Å². The monoisotopic (exact) mass is 236 g/mol. The van der Waals surface area contributed by atoms with Crippen LogP contribution in [-0.2, 0) is 6.42 Å². The van der Waals surface area contributed by atoms with Crippen LogP contribution in [-0.4, -0.2) is 5.11 Å². The molecule has 3 heteroatoms. The van der Waals surface area contributed by atoms with Crippen molar-refractivity contribution in [2.45, 2.75) is 19.4 Å². The molecule has 1 unspecified atom stereocenters. The largest absolute Gasteiger partial charge is 0.383 e. The highest BCUT2D eigenvalue weighted by Gasteiger charge is 2.15. The number of aryl methyl sites for hydroxylation is 1. The predicted octanol–water partition coefficient (Wildman–Crippen LogP) is 3.53. The van der Waals surface area contributed by atoms with E-state index in [9.17, 15) is 9.50 Å². The molecule has 1 nitrogen and oxygen atoms in total. The van der Waals surface area contributed by atoms with E-state index in [2.05, 4.69) is 6.92 Å². The highest BCUT2D eigenvalue weighted by atomic mass is 32.1. The highest BCUT2D eigenvalue weighted by molar-refractivity contribution is 7.10. The van der Waals surface area contributed by atoms with Gasteiger partial charge in [-0.05, 0) is 41.1 Å². The lowest BCUT2D eigenvalue weighted by Crippen LogP contribution is -1.99. The van der Waals surface area contributed by atoms with Crippen molar-refractivity contribution < 1.29 is 9.50 Å². The van der Waals surface area contributed by atoms with Gasteiger partial charge < -0.3 is 5.11 Å². The van der Waals surface area contributed by atoms with Crippen LogP contribution in [0.1, 0.15) is 29.0 Å². The summed E-state index contributed by atoms with van der Waals surface area (Å²) in [5.41, 5.74) is 1.89. The van der Waals surface area contributed by atoms with Crippen LogP contribution in [0.2, 0.25) is 0 Å². The first kappa shape index (κ1) is 11.3. The van der Waals surface area contributed by atoms with Crippen molar-refractivity contribution in [3.8, 4) is 0 Å². The molecule has 2 rings (SSSR count). The molecule has 1 aromatic heterocycles. The van der Waals surface area contributed by atoms with Crippen LogP contribution >= 0.6 is 11.3 Å². The number of rotatable bonds is 3. The first-order valence-corrected chi connectivity index (χ1v) is 6.10. The molecule has 0 saturated heterocycles. The molecule has 0 aliphatic heterocycles. The van der Waals surface area contributed by atoms with Crippen molar-refractivity contribution >= 4 is 11.3 Å². The van der Waals surface area contributed by atoms with Crippen LogP contribution in [0.15, 0.2) is 35.7 Å². The van der Waals surface area contributed by atoms with Gasteiger partial charge in [0.25, 0.3) is 0 Å². The molecule has 84 valence electrons. The molecule has 0 fully saturated rings. The van der Waals surface area contributed by atoms with E-state index in [1.807, 2.05) is 11.4 Å². The maximum atomic E-state index is 12.8. The highest BCUT2D eigenvalue weighted by Crippen LogP contribution is 2.29. The van der Waals surface area contributed by atoms with Gasteiger partial charge in [0, 0.05) is 4.88 Å². The normalized spacial score (nSPS) is 12.7. The van der Waals surface area contributed by atoms with Crippen molar-refractivity contribution in [2.24, 2.45) is 0 Å². The smallest absolute Gasteiger partial charge is 0.123 e. The third kappa shape index (κ3) is 2.15. The first-order chi connectivity index (χ1) is 7.72. The van der Waals surface area contributed by atoms with Crippen LogP contribution in [0.5, 0.6) is 0 Å². The summed E-state index contributed by atoms with van der Waals surface area (Å²) in [4.78, 5) is 0.953. The standard InChI is InChI=1S/C13H13FOS/c1-2-9-7-8-16-13(9)12(15)10-3-5-11(14)6-4-10/h3-8,12,15H,2H2,1H3. The zero-order valence-electron chi connectivity index (χ0n) is 8.98. The molecule has 2 aromatic rings. The van der Waals surface area contributed by atoms with Crippen LogP contribution in [0, 0.1) is 5.82 Å². The van der Waals surface area contributed by atoms with E-state index in [1.54, 1.807) is 12.1 Å². The lowest BCUT2D eigenvalue weighted by molar-refractivity contribution is 0.223. The molecule has 0 bridgehead atoms. The minimum Gasteiger partial charge on any atom is -0.383 e. The van der Waals surface area contributed by atoms with E-state index >= 15 is 0 Å². The lowest BCUT2D eigenvalue weighted by atomic mass is 10.0. The maximum Gasteiger partial charge on any atom is 0.123 e. The first-order valence-electron chi connectivity index (χ1n) is 5.22. The average Bonchev–Trinajstić information content (AvgIpc) is 2.77. The number of hydrogen-bond acceptors (Lipinski definition) is 2. The van der Waals surface area contributed by atoms with Gasteiger partial charge in [-0.15, -0.1) is 11.3 Å². The summed E-state index contributed by atoms with van der Waals surface area (Å²) >= 11 is 1.54. The Morgan fingerprint density at radius 2 is 1.94 bits per heavy atom. The summed E-state index contributed by atoms with van der Waals surface area (Å²) in [7, 11) is 0. The second-order valence-corrected chi connectivity index (χ2v) is 4.57. The summed E-state index contributed by atoms with van der Waals surface area (Å²) in [5, 5.41) is 12.1. The fraction of sp³-hybridized carbons (Fsp3) is 0.231. The quantitative estimate of drug-likeness (QED) is 0.864. The Kier molecular flexibility index (Phi) is 3.36. The number of aliphatic hydroxyl groups is 1. The van der Waals surface area contributed by atoms with Gasteiger partial charge in [-0.2, -0.15) is 0 Å². The van der Waals surface area contributed by atoms with E-state index in [4.69, 9.17) is 0 Å². The molecular formula is C13H13FOS. The third-order valence-corrected chi connectivity index (χ3v) is 3.61. The molecule has 0 radical (unpaired) electrons. The topological polar surface area (TPSA) is 20.2 Å². The average molecular weight is 236 g/mol. The number of thiophene rings is 1. The van der Waals surface area contributed by atoms with Crippen LogP contribution in [0.25, 0.3) is 0 Å². The Labute approximate surface area is 98.2 Å². The second-order valence-electron chi connectivity index (χ2n) is 3.62. The van der Waals surface area contributed by atoms with Gasteiger partial charge in [0.15, 0.2) is 0 Å². The van der Waals surface area contributed by atoms with E-state index < -0.39 is 6.10 Å². The van der Waals surface area contributed by atoms with Gasteiger partial charge in [0.1, 0.15) is 11.9 Å². The number of halogens is 1. The van der Waals surface area contributed by atoms with Crippen molar-refractivity contribution in [2.75, 3.05) is 0 Å². The Bertz CT molecular complexity index is 461. The predicted molar refractivity (Wildman–Crippen MR) is 64.2 cm³/mol. The van der Waals surface area contributed by atoms with Crippen LogP contribution in [0.3, 0.4) is 0 Å². The van der Waals surface area contributed by atoms with Gasteiger partial charge in [-0.25, -0.2) is 4.39 Å². The minimum atomic E-state index is -0.643. The molecule has 0 aliphatic carbocycles. The van der Waals surface area contributed by atoms with Crippen molar-refractivity contribution in [3.05, 3.63) is 57.5 Å². The van der Waals surface area contributed by atoms with Crippen LogP contribution in [0.4, 0.5) is 4.39 Å². The molecule has 0 amide bonds. The maximum absolute atomic E-state index is 12.8. The summed E-state index contributed by atoms with van der Waals surface area (Å²) in [6.07, 6.45) is 0.257. The third-order valence-electron chi connectivity index (χ3n) is 2.60. The molecule has 1 aromatic carbocycles. The molecule has 1 N–H and O–H groups in total. The van der Waals surface area contributed by atoms with Crippen molar-refractivity contribution in [1.29, 1.82) is 0 Å². The van der Waals surface area contributed by atoms with E-state index in [0.717, 1.165) is 22.4 Å². The SMILES string of the molecule is CCc1ccsc1C(O)c1ccc(F)cc1. The van der Waals surface area contributed by atoms with Gasteiger partial charge in [0.2, 0.25) is 0 Å². The Morgan fingerprint density at radius 3 is 2.56 bits per heavy atom. The molecule has 16 heavy (non-hydrogen) atoms. The minimum absolute atomic E-state index is 0.280. The molecule has 0 saturated carbocycles. The fourth-order valence-electron chi connectivity index (χ4n) is 1.68. The lowest BCUT2D eigenvalue weighted by Gasteiger charge is -2.11. The van der Waals surface area contributed by atoms with Gasteiger partial charge in [0.05, 0.1) is 0 Å². The molecule has 1 atom stereocenters. The molecule has 1 heterocycles. The van der Waals surface area contributed by atoms with E-state index in [-0.39, 0.29) is 5.82 Å². The Morgan fingerprint density at radius 1 is 1.25 bits per heavy atom. The second kappa shape index (κ2) is 4.76. The number of hydrogen-bond donors (Lipinski definition) is 1. The van der Waals surface area contributed by atoms with E-state index in [0.29, 0.717) is 0 Å². The number of benzene rings is 1. The molecular weight excluding hydrogens is 223 g/mol. The molecule has 0 aliphatic rings. The summed E-state index contributed by atoms with van der Waals surface area (Å²) in [6, 6.07) is 8.01. The van der Waals surface area contributed by atoms with Crippen molar-refractivity contribution in [3.63, 3.8) is 0 Å². The van der Waals surface area contributed by atoms with Crippen molar-refractivity contribution in [1.82, 2.24) is 0 Å². The molecule has 0 spiro atoms. The van der Waals surface area contributed by atoms with E-state index in [1.165, 1.54) is 23.5 Å². The van der Waals surface area contributed by atoms with Gasteiger partial charge in [-0.1, -0.05) is 19.1 Å². The zero-order valence-corrected chi connectivity index (χ0v) is 9.80. The van der Waals surface area contributed by atoms with Gasteiger partial charge in [-0.3, -0.25) is 0 Å². The summed E-state index contributed by atoms with van der Waals surface area (Å²) < 4.78 is 12.8. The summed E-state index contributed by atoms with van der Waals surface area (Å²) in [6.45, 7) is 2.06. The Balaban J connectivity index is 2.31.